The molecule has 0 saturated heterocycles. The summed E-state index contributed by atoms with van der Waals surface area (Å²) in [5.74, 6) is 0.122. The lowest BCUT2D eigenvalue weighted by atomic mass is 10.0. The Bertz CT molecular complexity index is 555. The van der Waals surface area contributed by atoms with Gasteiger partial charge in [0.2, 0.25) is 0 Å². The zero-order chi connectivity index (χ0) is 16.9. The van der Waals surface area contributed by atoms with Crippen molar-refractivity contribution in [2.45, 2.75) is 31.2 Å². The Balaban J connectivity index is 0.00000484. The van der Waals surface area contributed by atoms with Crippen LogP contribution < -0.4 is 5.73 Å². The maximum absolute atomic E-state index is 12.4. The van der Waals surface area contributed by atoms with Crippen molar-refractivity contribution < 1.29 is 9.72 Å². The zero-order valence-corrected chi connectivity index (χ0v) is 15.4. The van der Waals surface area contributed by atoms with Crippen LogP contribution in [0.25, 0.3) is 0 Å². The topological polar surface area (TPSA) is 89.5 Å². The van der Waals surface area contributed by atoms with Crippen LogP contribution in [-0.2, 0) is 0 Å². The van der Waals surface area contributed by atoms with E-state index in [4.69, 9.17) is 5.73 Å². The van der Waals surface area contributed by atoms with Crippen molar-refractivity contribution in [3.8, 4) is 0 Å². The van der Waals surface area contributed by atoms with E-state index < -0.39 is 4.92 Å². The molecule has 23 heavy (non-hydrogen) atoms. The number of halogens is 1. The van der Waals surface area contributed by atoms with E-state index in [1.165, 1.54) is 17.8 Å². The molecule has 0 saturated carbocycles. The van der Waals surface area contributed by atoms with Crippen molar-refractivity contribution in [1.82, 2.24) is 4.90 Å². The van der Waals surface area contributed by atoms with Crippen LogP contribution >= 0.6 is 24.2 Å². The second kappa shape index (κ2) is 9.75. The number of carbonyl (C=O) groups excluding carboxylic acids is 1. The first-order valence-corrected chi connectivity index (χ1v) is 8.33. The van der Waals surface area contributed by atoms with Crippen LogP contribution in [0.2, 0.25) is 0 Å². The number of nitro groups is 1. The molecule has 0 bridgehead atoms. The highest BCUT2D eigenvalue weighted by molar-refractivity contribution is 7.98. The van der Waals surface area contributed by atoms with Crippen LogP contribution in [0.5, 0.6) is 0 Å². The van der Waals surface area contributed by atoms with Gasteiger partial charge in [-0.1, -0.05) is 13.8 Å². The fraction of sp³-hybridized carbons (Fsp3) is 0.533. The second-order valence-corrected chi connectivity index (χ2v) is 6.42. The number of carbonyl (C=O) groups is 1. The number of nitrogens with two attached hydrogens (primary N) is 1. The average Bonchev–Trinajstić information content (AvgIpc) is 2.50. The van der Waals surface area contributed by atoms with E-state index >= 15 is 0 Å². The van der Waals surface area contributed by atoms with E-state index in [1.807, 2.05) is 13.8 Å². The SMILES string of the molecule is CSc1ccc(C(=O)N(C)CCC(N)C(C)C)cc1[N+](=O)[O-].Cl. The maximum atomic E-state index is 12.4. The predicted molar refractivity (Wildman–Crippen MR) is 96.5 cm³/mol. The van der Waals surface area contributed by atoms with Gasteiger partial charge < -0.3 is 10.6 Å². The molecule has 130 valence electrons. The molecule has 0 radical (unpaired) electrons. The average molecular weight is 362 g/mol. The smallest absolute Gasteiger partial charge is 0.283 e. The molecule has 1 rings (SSSR count). The minimum atomic E-state index is -0.461. The van der Waals surface area contributed by atoms with Crippen molar-refractivity contribution in [3.63, 3.8) is 0 Å². The zero-order valence-electron chi connectivity index (χ0n) is 13.8. The standard InChI is InChI=1S/C15H23N3O3S.ClH/c1-10(2)12(16)7-8-17(3)15(19)11-5-6-14(22-4)13(9-11)18(20)21;/h5-6,9-10,12H,7-8,16H2,1-4H3;1H. The van der Waals surface area contributed by atoms with Gasteiger partial charge in [0.15, 0.2) is 0 Å². The summed E-state index contributed by atoms with van der Waals surface area (Å²) >= 11 is 1.29. The summed E-state index contributed by atoms with van der Waals surface area (Å²) in [7, 11) is 1.68. The van der Waals surface area contributed by atoms with Crippen LogP contribution in [0.4, 0.5) is 5.69 Å². The number of hydrogen-bond donors (Lipinski definition) is 1. The molecular weight excluding hydrogens is 338 g/mol. The minimum absolute atomic E-state index is 0. The number of benzene rings is 1. The normalized spacial score (nSPS) is 11.7. The summed E-state index contributed by atoms with van der Waals surface area (Å²) in [6.07, 6.45) is 2.47. The summed E-state index contributed by atoms with van der Waals surface area (Å²) in [6, 6.07) is 4.61. The monoisotopic (exact) mass is 361 g/mol. The Labute approximate surface area is 147 Å². The molecule has 0 spiro atoms. The molecular formula is C15H24ClN3O3S. The number of rotatable bonds is 7. The lowest BCUT2D eigenvalue weighted by Crippen LogP contribution is -2.34. The lowest BCUT2D eigenvalue weighted by molar-refractivity contribution is -0.387. The number of thioether (sulfide) groups is 1. The van der Waals surface area contributed by atoms with Crippen molar-refractivity contribution in [3.05, 3.63) is 33.9 Å². The maximum Gasteiger partial charge on any atom is 0.283 e. The van der Waals surface area contributed by atoms with Crippen LogP contribution in [-0.4, -0.2) is 41.6 Å². The number of nitrogens with zero attached hydrogens (tertiary/aromatic N) is 2. The summed E-state index contributed by atoms with van der Waals surface area (Å²) in [5.41, 5.74) is 6.26. The van der Waals surface area contributed by atoms with Crippen LogP contribution in [0.1, 0.15) is 30.6 Å². The number of hydrogen-bond acceptors (Lipinski definition) is 5. The fourth-order valence-electron chi connectivity index (χ4n) is 1.96. The first-order chi connectivity index (χ1) is 10.3. The van der Waals surface area contributed by atoms with Crippen molar-refractivity contribution in [1.29, 1.82) is 0 Å². The second-order valence-electron chi connectivity index (χ2n) is 5.57. The Morgan fingerprint density at radius 2 is 2.04 bits per heavy atom. The third-order valence-corrected chi connectivity index (χ3v) is 4.41. The number of nitro benzene ring substituents is 1. The molecule has 0 aliphatic rings. The summed E-state index contributed by atoms with van der Waals surface area (Å²) < 4.78 is 0. The van der Waals surface area contributed by atoms with Gasteiger partial charge in [-0.2, -0.15) is 0 Å². The molecule has 6 nitrogen and oxygen atoms in total. The molecule has 1 atom stereocenters. The van der Waals surface area contributed by atoms with Gasteiger partial charge in [0.25, 0.3) is 11.6 Å². The number of amides is 1. The summed E-state index contributed by atoms with van der Waals surface area (Å²) in [4.78, 5) is 25.1. The van der Waals surface area contributed by atoms with E-state index in [2.05, 4.69) is 0 Å². The van der Waals surface area contributed by atoms with E-state index in [0.717, 1.165) is 0 Å². The van der Waals surface area contributed by atoms with Crippen molar-refractivity contribution in [2.24, 2.45) is 11.7 Å². The summed E-state index contributed by atoms with van der Waals surface area (Å²) in [5, 5.41) is 11.1. The molecule has 0 aromatic heterocycles. The van der Waals surface area contributed by atoms with Crippen molar-refractivity contribution in [2.75, 3.05) is 19.8 Å². The van der Waals surface area contributed by atoms with Crippen molar-refractivity contribution >= 4 is 35.8 Å². The molecule has 1 unspecified atom stereocenters. The van der Waals surface area contributed by atoms with Crippen LogP contribution in [0.15, 0.2) is 23.1 Å². The highest BCUT2D eigenvalue weighted by Gasteiger charge is 2.19. The van der Waals surface area contributed by atoms with Crippen LogP contribution in [0.3, 0.4) is 0 Å². The largest absolute Gasteiger partial charge is 0.342 e. The Kier molecular flexibility index (Phi) is 9.19. The van der Waals surface area contributed by atoms with Gasteiger partial charge in [-0.15, -0.1) is 24.2 Å². The molecule has 2 N–H and O–H groups in total. The highest BCUT2D eigenvalue weighted by atomic mass is 35.5. The minimum Gasteiger partial charge on any atom is -0.342 e. The van der Waals surface area contributed by atoms with Gasteiger partial charge in [0, 0.05) is 31.3 Å². The van der Waals surface area contributed by atoms with E-state index in [-0.39, 0.29) is 30.0 Å². The molecule has 0 heterocycles. The first-order valence-electron chi connectivity index (χ1n) is 7.11. The van der Waals surface area contributed by atoms with Gasteiger partial charge in [-0.3, -0.25) is 14.9 Å². The highest BCUT2D eigenvalue weighted by Crippen LogP contribution is 2.28. The van der Waals surface area contributed by atoms with Crippen LogP contribution in [0, 0.1) is 16.0 Å². The third kappa shape index (κ3) is 6.01. The van der Waals surface area contributed by atoms with E-state index in [1.54, 1.807) is 30.3 Å². The third-order valence-electron chi connectivity index (χ3n) is 3.62. The van der Waals surface area contributed by atoms with E-state index in [0.29, 0.717) is 29.3 Å². The first kappa shape index (κ1) is 21.7. The fourth-order valence-corrected chi connectivity index (χ4v) is 2.51. The Morgan fingerprint density at radius 1 is 1.43 bits per heavy atom. The van der Waals surface area contributed by atoms with Gasteiger partial charge in [-0.05, 0) is 30.7 Å². The predicted octanol–water partition coefficient (Wildman–Crippen LogP) is 3.18. The molecule has 1 amide bonds. The van der Waals surface area contributed by atoms with E-state index in [9.17, 15) is 14.9 Å². The molecule has 0 fully saturated rings. The Morgan fingerprint density at radius 3 is 2.52 bits per heavy atom. The molecule has 0 aliphatic carbocycles. The summed E-state index contributed by atoms with van der Waals surface area (Å²) in [6.45, 7) is 4.60. The molecule has 0 aliphatic heterocycles. The Hall–Kier alpha value is -1.31. The van der Waals surface area contributed by atoms with Gasteiger partial charge in [0.05, 0.1) is 9.82 Å². The molecule has 1 aromatic rings. The van der Waals surface area contributed by atoms with Gasteiger partial charge in [-0.25, -0.2) is 0 Å². The molecule has 8 heteroatoms. The molecule has 1 aromatic carbocycles. The van der Waals surface area contributed by atoms with Gasteiger partial charge in [0.1, 0.15) is 0 Å². The lowest BCUT2D eigenvalue weighted by Gasteiger charge is -2.21. The van der Waals surface area contributed by atoms with Gasteiger partial charge >= 0.3 is 0 Å². The quantitative estimate of drug-likeness (QED) is 0.457.